The van der Waals surface area contributed by atoms with Gasteiger partial charge >= 0.3 is 0 Å². The van der Waals surface area contributed by atoms with Crippen LogP contribution in [0.15, 0.2) is 12.1 Å². The molecule has 1 aromatic rings. The first-order chi connectivity index (χ1) is 7.49. The second kappa shape index (κ2) is 4.09. The van der Waals surface area contributed by atoms with Crippen LogP contribution in [0.3, 0.4) is 0 Å². The van der Waals surface area contributed by atoms with Gasteiger partial charge in [-0.3, -0.25) is 0 Å². The van der Waals surface area contributed by atoms with Crippen molar-refractivity contribution in [2.45, 2.75) is 38.3 Å². The molecule has 3 atom stereocenters. The van der Waals surface area contributed by atoms with Gasteiger partial charge in [0.25, 0.3) is 0 Å². The van der Waals surface area contributed by atoms with Crippen molar-refractivity contribution in [3.05, 3.63) is 35.1 Å². The molecule has 0 amide bonds. The molecule has 1 aliphatic heterocycles. The summed E-state index contributed by atoms with van der Waals surface area (Å²) in [6, 6.07) is 1.95. The number of rotatable bonds is 1. The first kappa shape index (κ1) is 11.5. The van der Waals surface area contributed by atoms with Gasteiger partial charge in [0.2, 0.25) is 0 Å². The summed E-state index contributed by atoms with van der Waals surface area (Å²) in [4.78, 5) is 0. The normalized spacial score (nSPS) is 29.7. The molecule has 3 unspecified atom stereocenters. The highest BCUT2D eigenvalue weighted by Gasteiger charge is 2.31. The molecule has 1 N–H and O–H groups in total. The third kappa shape index (κ3) is 1.94. The fraction of sp³-hybridized carbons (Fsp3) is 0.500. The van der Waals surface area contributed by atoms with Crippen molar-refractivity contribution in [2.24, 2.45) is 0 Å². The SMILES string of the molecule is CC1CC(c2cc(F)c(F)cc2F)C(C)N1. The van der Waals surface area contributed by atoms with E-state index in [-0.39, 0.29) is 23.6 Å². The molecule has 0 bridgehead atoms. The molecular formula is C12H14F3N. The summed E-state index contributed by atoms with van der Waals surface area (Å²) in [7, 11) is 0. The second-order valence-corrected chi connectivity index (χ2v) is 4.49. The Labute approximate surface area is 92.7 Å². The average Bonchev–Trinajstić information content (AvgIpc) is 2.51. The van der Waals surface area contributed by atoms with Gasteiger partial charge in [0, 0.05) is 24.1 Å². The average molecular weight is 229 g/mol. The smallest absolute Gasteiger partial charge is 0.161 e. The standard InChI is InChI=1S/C12H14F3N/c1-6-3-8(7(2)16-6)9-4-11(14)12(15)5-10(9)13/h4-8,16H,3H2,1-2H3. The molecule has 1 saturated heterocycles. The summed E-state index contributed by atoms with van der Waals surface area (Å²) >= 11 is 0. The van der Waals surface area contributed by atoms with E-state index in [9.17, 15) is 13.2 Å². The van der Waals surface area contributed by atoms with Crippen molar-refractivity contribution in [3.8, 4) is 0 Å². The number of hydrogen-bond acceptors (Lipinski definition) is 1. The van der Waals surface area contributed by atoms with Crippen molar-refractivity contribution in [3.63, 3.8) is 0 Å². The van der Waals surface area contributed by atoms with Crippen molar-refractivity contribution >= 4 is 0 Å². The lowest BCUT2D eigenvalue weighted by Crippen LogP contribution is -2.26. The molecule has 88 valence electrons. The molecule has 1 heterocycles. The van der Waals surface area contributed by atoms with E-state index in [4.69, 9.17) is 0 Å². The Balaban J connectivity index is 2.37. The minimum absolute atomic E-state index is 0.0781. The van der Waals surface area contributed by atoms with Gasteiger partial charge in [-0.05, 0) is 31.9 Å². The molecule has 16 heavy (non-hydrogen) atoms. The molecule has 0 aliphatic carbocycles. The highest BCUT2D eigenvalue weighted by atomic mass is 19.2. The molecule has 4 heteroatoms. The zero-order valence-corrected chi connectivity index (χ0v) is 9.23. The van der Waals surface area contributed by atoms with Crippen LogP contribution in [0, 0.1) is 17.5 Å². The molecule has 0 radical (unpaired) electrons. The van der Waals surface area contributed by atoms with Crippen LogP contribution in [0.5, 0.6) is 0 Å². The Morgan fingerprint density at radius 2 is 1.69 bits per heavy atom. The van der Waals surface area contributed by atoms with Crippen LogP contribution in [-0.2, 0) is 0 Å². The summed E-state index contributed by atoms with van der Waals surface area (Å²) in [6.45, 7) is 3.92. The predicted molar refractivity (Wildman–Crippen MR) is 55.7 cm³/mol. The van der Waals surface area contributed by atoms with Gasteiger partial charge in [-0.1, -0.05) is 0 Å². The maximum atomic E-state index is 13.5. The van der Waals surface area contributed by atoms with Crippen molar-refractivity contribution in [2.75, 3.05) is 0 Å². The summed E-state index contributed by atoms with van der Waals surface area (Å²) < 4.78 is 39.4. The Morgan fingerprint density at radius 1 is 1.06 bits per heavy atom. The van der Waals surface area contributed by atoms with E-state index in [1.165, 1.54) is 0 Å². The summed E-state index contributed by atoms with van der Waals surface area (Å²) in [5, 5.41) is 3.24. The molecule has 1 aliphatic rings. The zero-order valence-electron chi connectivity index (χ0n) is 9.23. The molecule has 1 aromatic carbocycles. The summed E-state index contributed by atoms with van der Waals surface area (Å²) in [5.41, 5.74) is 0.267. The molecule has 0 aromatic heterocycles. The Kier molecular flexibility index (Phi) is 2.93. The van der Waals surface area contributed by atoms with Crippen LogP contribution in [0.2, 0.25) is 0 Å². The number of hydrogen-bond donors (Lipinski definition) is 1. The second-order valence-electron chi connectivity index (χ2n) is 4.49. The van der Waals surface area contributed by atoms with Gasteiger partial charge in [0.15, 0.2) is 11.6 Å². The topological polar surface area (TPSA) is 12.0 Å². The lowest BCUT2D eigenvalue weighted by Gasteiger charge is -2.16. The molecule has 0 spiro atoms. The van der Waals surface area contributed by atoms with Crippen molar-refractivity contribution < 1.29 is 13.2 Å². The van der Waals surface area contributed by atoms with E-state index < -0.39 is 17.5 Å². The Hall–Kier alpha value is -1.03. The van der Waals surface area contributed by atoms with Gasteiger partial charge < -0.3 is 5.32 Å². The summed E-state index contributed by atoms with van der Waals surface area (Å²) in [6.07, 6.45) is 0.739. The monoisotopic (exact) mass is 229 g/mol. The number of halogens is 3. The maximum Gasteiger partial charge on any atom is 0.161 e. The zero-order chi connectivity index (χ0) is 11.9. The largest absolute Gasteiger partial charge is 0.311 e. The van der Waals surface area contributed by atoms with Gasteiger partial charge in [0.05, 0.1) is 0 Å². The van der Waals surface area contributed by atoms with Crippen LogP contribution in [0.25, 0.3) is 0 Å². The first-order valence-corrected chi connectivity index (χ1v) is 5.39. The van der Waals surface area contributed by atoms with Crippen LogP contribution in [0.1, 0.15) is 31.7 Å². The van der Waals surface area contributed by atoms with Crippen LogP contribution < -0.4 is 5.32 Å². The van der Waals surface area contributed by atoms with E-state index >= 15 is 0 Å². The van der Waals surface area contributed by atoms with Crippen molar-refractivity contribution in [1.82, 2.24) is 5.32 Å². The molecule has 2 rings (SSSR count). The van der Waals surface area contributed by atoms with Gasteiger partial charge in [0.1, 0.15) is 5.82 Å². The van der Waals surface area contributed by atoms with E-state index in [0.717, 1.165) is 12.5 Å². The van der Waals surface area contributed by atoms with E-state index in [2.05, 4.69) is 5.32 Å². The highest BCUT2D eigenvalue weighted by molar-refractivity contribution is 5.26. The van der Waals surface area contributed by atoms with Gasteiger partial charge in [-0.15, -0.1) is 0 Å². The van der Waals surface area contributed by atoms with E-state index in [1.54, 1.807) is 0 Å². The van der Waals surface area contributed by atoms with Gasteiger partial charge in [-0.2, -0.15) is 0 Å². The lowest BCUT2D eigenvalue weighted by atomic mass is 9.91. The van der Waals surface area contributed by atoms with Crippen LogP contribution in [0.4, 0.5) is 13.2 Å². The molecule has 1 fully saturated rings. The fourth-order valence-electron chi connectivity index (χ4n) is 2.44. The summed E-state index contributed by atoms with van der Waals surface area (Å²) in [5.74, 6) is -2.87. The van der Waals surface area contributed by atoms with Crippen LogP contribution >= 0.6 is 0 Å². The third-order valence-electron chi connectivity index (χ3n) is 3.20. The third-order valence-corrected chi connectivity index (χ3v) is 3.20. The minimum Gasteiger partial charge on any atom is -0.311 e. The maximum absolute atomic E-state index is 13.5. The fourth-order valence-corrected chi connectivity index (χ4v) is 2.44. The lowest BCUT2D eigenvalue weighted by molar-refractivity contribution is 0.478. The van der Waals surface area contributed by atoms with E-state index in [1.807, 2.05) is 13.8 Å². The van der Waals surface area contributed by atoms with E-state index in [0.29, 0.717) is 6.07 Å². The number of nitrogens with one attached hydrogen (secondary N) is 1. The first-order valence-electron chi connectivity index (χ1n) is 5.39. The minimum atomic E-state index is -1.13. The molecule has 1 nitrogen and oxygen atoms in total. The molecular weight excluding hydrogens is 215 g/mol. The quantitative estimate of drug-likeness (QED) is 0.730. The number of benzene rings is 1. The van der Waals surface area contributed by atoms with Gasteiger partial charge in [-0.25, -0.2) is 13.2 Å². The predicted octanol–water partition coefficient (Wildman–Crippen LogP) is 2.96. The van der Waals surface area contributed by atoms with Crippen LogP contribution in [-0.4, -0.2) is 12.1 Å². The molecule has 0 saturated carbocycles. The Bertz CT molecular complexity index is 405. The Morgan fingerprint density at radius 3 is 2.25 bits per heavy atom. The van der Waals surface area contributed by atoms with Crippen molar-refractivity contribution in [1.29, 1.82) is 0 Å². The highest BCUT2D eigenvalue weighted by Crippen LogP contribution is 2.33.